The van der Waals surface area contributed by atoms with Crippen molar-refractivity contribution in [2.24, 2.45) is 0 Å². The standard InChI is InChI=1S/C14H19N3O3/c1-16(2)14(19)17-9-8-15-13(18)12(17)10-4-6-11(20-3)7-5-10/h4-7,12H,8-9H2,1-3H3,(H,15,18). The Labute approximate surface area is 118 Å². The van der Waals surface area contributed by atoms with Crippen molar-refractivity contribution in [3.63, 3.8) is 0 Å². The Hall–Kier alpha value is -2.24. The van der Waals surface area contributed by atoms with E-state index in [9.17, 15) is 9.59 Å². The fraction of sp³-hybridized carbons (Fsp3) is 0.429. The second kappa shape index (κ2) is 5.81. The molecule has 0 bridgehead atoms. The Kier molecular flexibility index (Phi) is 4.12. The molecule has 0 aromatic heterocycles. The monoisotopic (exact) mass is 277 g/mol. The summed E-state index contributed by atoms with van der Waals surface area (Å²) in [6.07, 6.45) is 0. The molecular weight excluding hydrogens is 258 g/mol. The normalized spacial score (nSPS) is 18.4. The van der Waals surface area contributed by atoms with Gasteiger partial charge in [0.1, 0.15) is 11.8 Å². The molecule has 1 aromatic rings. The molecule has 0 spiro atoms. The molecule has 6 heteroatoms. The highest BCUT2D eigenvalue weighted by Gasteiger charge is 2.34. The molecule has 2 rings (SSSR count). The van der Waals surface area contributed by atoms with E-state index in [1.165, 1.54) is 4.90 Å². The Morgan fingerprint density at radius 3 is 2.55 bits per heavy atom. The lowest BCUT2D eigenvalue weighted by atomic mass is 10.0. The molecule has 1 saturated heterocycles. The number of carbonyl (C=O) groups excluding carboxylic acids is 2. The zero-order valence-electron chi connectivity index (χ0n) is 11.9. The van der Waals surface area contributed by atoms with Crippen LogP contribution in [0.4, 0.5) is 4.79 Å². The van der Waals surface area contributed by atoms with Crippen LogP contribution in [-0.2, 0) is 4.79 Å². The predicted molar refractivity (Wildman–Crippen MR) is 74.5 cm³/mol. The van der Waals surface area contributed by atoms with Crippen LogP contribution < -0.4 is 10.1 Å². The summed E-state index contributed by atoms with van der Waals surface area (Å²) >= 11 is 0. The maximum Gasteiger partial charge on any atom is 0.320 e. The third-order valence-corrected chi connectivity index (χ3v) is 3.27. The summed E-state index contributed by atoms with van der Waals surface area (Å²) in [5.74, 6) is 0.562. The van der Waals surface area contributed by atoms with Gasteiger partial charge in [-0.3, -0.25) is 4.79 Å². The highest BCUT2D eigenvalue weighted by Crippen LogP contribution is 2.25. The van der Waals surface area contributed by atoms with Crippen molar-refractivity contribution in [2.45, 2.75) is 6.04 Å². The van der Waals surface area contributed by atoms with Crippen LogP contribution in [-0.4, -0.2) is 56.0 Å². The average molecular weight is 277 g/mol. The minimum atomic E-state index is -0.593. The molecule has 0 radical (unpaired) electrons. The number of nitrogens with zero attached hydrogens (tertiary/aromatic N) is 2. The number of ether oxygens (including phenoxy) is 1. The van der Waals surface area contributed by atoms with Gasteiger partial charge in [0.25, 0.3) is 0 Å². The van der Waals surface area contributed by atoms with Gasteiger partial charge in [-0.1, -0.05) is 12.1 Å². The van der Waals surface area contributed by atoms with Gasteiger partial charge in [-0.25, -0.2) is 4.79 Å². The molecule has 1 aromatic carbocycles. The van der Waals surface area contributed by atoms with Crippen LogP contribution >= 0.6 is 0 Å². The van der Waals surface area contributed by atoms with Gasteiger partial charge in [-0.2, -0.15) is 0 Å². The lowest BCUT2D eigenvalue weighted by Gasteiger charge is -2.36. The zero-order valence-corrected chi connectivity index (χ0v) is 11.9. The molecule has 6 nitrogen and oxygen atoms in total. The zero-order chi connectivity index (χ0) is 14.7. The molecule has 0 aliphatic carbocycles. The molecule has 1 heterocycles. The number of amides is 3. The number of urea groups is 1. The van der Waals surface area contributed by atoms with Crippen LogP contribution in [0.3, 0.4) is 0 Å². The van der Waals surface area contributed by atoms with Crippen LogP contribution in [0.2, 0.25) is 0 Å². The van der Waals surface area contributed by atoms with E-state index >= 15 is 0 Å². The summed E-state index contributed by atoms with van der Waals surface area (Å²) in [7, 11) is 4.95. The summed E-state index contributed by atoms with van der Waals surface area (Å²) in [6.45, 7) is 0.977. The van der Waals surface area contributed by atoms with Crippen molar-refractivity contribution in [2.75, 3.05) is 34.3 Å². The number of rotatable bonds is 2. The van der Waals surface area contributed by atoms with Gasteiger partial charge in [0.15, 0.2) is 0 Å². The van der Waals surface area contributed by atoms with Gasteiger partial charge in [0.2, 0.25) is 5.91 Å². The van der Waals surface area contributed by atoms with Crippen molar-refractivity contribution in [1.82, 2.24) is 15.1 Å². The van der Waals surface area contributed by atoms with E-state index in [1.807, 2.05) is 12.1 Å². The number of carbonyl (C=O) groups is 2. The molecule has 1 atom stereocenters. The maximum absolute atomic E-state index is 12.2. The third kappa shape index (κ3) is 2.68. The number of piperazine rings is 1. The smallest absolute Gasteiger partial charge is 0.320 e. The van der Waals surface area contributed by atoms with Crippen molar-refractivity contribution < 1.29 is 14.3 Å². The van der Waals surface area contributed by atoms with Gasteiger partial charge in [0, 0.05) is 27.2 Å². The van der Waals surface area contributed by atoms with E-state index in [4.69, 9.17) is 4.74 Å². The van der Waals surface area contributed by atoms with Gasteiger partial charge in [-0.05, 0) is 17.7 Å². The maximum atomic E-state index is 12.2. The van der Waals surface area contributed by atoms with Crippen molar-refractivity contribution in [3.8, 4) is 5.75 Å². The quantitative estimate of drug-likeness (QED) is 0.871. The highest BCUT2D eigenvalue weighted by molar-refractivity contribution is 5.89. The Morgan fingerprint density at radius 2 is 2.00 bits per heavy atom. The lowest BCUT2D eigenvalue weighted by Crippen LogP contribution is -2.54. The predicted octanol–water partition coefficient (Wildman–Crippen LogP) is 0.850. The van der Waals surface area contributed by atoms with Crippen molar-refractivity contribution >= 4 is 11.9 Å². The number of hydrogen-bond donors (Lipinski definition) is 1. The minimum absolute atomic E-state index is 0.156. The molecule has 1 aliphatic rings. The fourth-order valence-corrected chi connectivity index (χ4v) is 2.25. The molecule has 20 heavy (non-hydrogen) atoms. The average Bonchev–Trinajstić information content (AvgIpc) is 2.46. The van der Waals surface area contributed by atoms with Crippen LogP contribution in [0.5, 0.6) is 5.75 Å². The van der Waals surface area contributed by atoms with Crippen molar-refractivity contribution in [3.05, 3.63) is 29.8 Å². The first-order valence-corrected chi connectivity index (χ1v) is 6.44. The summed E-state index contributed by atoms with van der Waals surface area (Å²) in [4.78, 5) is 27.4. The van der Waals surface area contributed by atoms with Gasteiger partial charge in [0.05, 0.1) is 7.11 Å². The lowest BCUT2D eigenvalue weighted by molar-refractivity contribution is -0.128. The topological polar surface area (TPSA) is 61.9 Å². The summed E-state index contributed by atoms with van der Waals surface area (Å²) in [6, 6.07) is 6.44. The number of hydrogen-bond acceptors (Lipinski definition) is 3. The van der Waals surface area contributed by atoms with E-state index in [-0.39, 0.29) is 11.9 Å². The van der Waals surface area contributed by atoms with E-state index in [1.54, 1.807) is 38.2 Å². The van der Waals surface area contributed by atoms with Gasteiger partial charge < -0.3 is 19.9 Å². The van der Waals surface area contributed by atoms with Crippen LogP contribution in [0.15, 0.2) is 24.3 Å². The summed E-state index contributed by atoms with van der Waals surface area (Å²) < 4.78 is 5.11. The van der Waals surface area contributed by atoms with Gasteiger partial charge >= 0.3 is 6.03 Å². The molecule has 1 N–H and O–H groups in total. The van der Waals surface area contributed by atoms with Crippen LogP contribution in [0, 0.1) is 0 Å². The van der Waals surface area contributed by atoms with E-state index in [2.05, 4.69) is 5.32 Å². The highest BCUT2D eigenvalue weighted by atomic mass is 16.5. The van der Waals surface area contributed by atoms with E-state index < -0.39 is 6.04 Å². The van der Waals surface area contributed by atoms with E-state index in [0.29, 0.717) is 13.1 Å². The third-order valence-electron chi connectivity index (χ3n) is 3.27. The molecular formula is C14H19N3O3. The summed E-state index contributed by atoms with van der Waals surface area (Å²) in [5, 5.41) is 2.80. The van der Waals surface area contributed by atoms with Crippen LogP contribution in [0.25, 0.3) is 0 Å². The molecule has 1 fully saturated rings. The number of nitrogens with one attached hydrogen (secondary N) is 1. The Morgan fingerprint density at radius 1 is 1.35 bits per heavy atom. The van der Waals surface area contributed by atoms with Crippen molar-refractivity contribution in [1.29, 1.82) is 0 Å². The van der Waals surface area contributed by atoms with Crippen LogP contribution in [0.1, 0.15) is 11.6 Å². The first-order valence-electron chi connectivity index (χ1n) is 6.44. The summed E-state index contributed by atoms with van der Waals surface area (Å²) in [5.41, 5.74) is 0.776. The van der Waals surface area contributed by atoms with Gasteiger partial charge in [-0.15, -0.1) is 0 Å². The minimum Gasteiger partial charge on any atom is -0.497 e. The SMILES string of the molecule is COc1ccc(C2C(=O)NCCN2C(=O)N(C)C)cc1. The molecule has 3 amide bonds. The largest absolute Gasteiger partial charge is 0.497 e. The van der Waals surface area contributed by atoms with E-state index in [0.717, 1.165) is 11.3 Å². The molecule has 108 valence electrons. The Bertz CT molecular complexity index is 499. The second-order valence-corrected chi connectivity index (χ2v) is 4.84. The second-order valence-electron chi connectivity index (χ2n) is 4.84. The first-order chi connectivity index (χ1) is 9.54. The molecule has 1 unspecified atom stereocenters. The fourth-order valence-electron chi connectivity index (χ4n) is 2.25. The Balaban J connectivity index is 2.31. The number of benzene rings is 1. The molecule has 0 saturated carbocycles. The number of methoxy groups -OCH3 is 1. The first kappa shape index (κ1) is 14.2. The molecule has 1 aliphatic heterocycles.